The first-order valence-electron chi connectivity index (χ1n) is 8.98. The zero-order chi connectivity index (χ0) is 16.2. The van der Waals surface area contributed by atoms with E-state index in [0.717, 1.165) is 11.7 Å². The quantitative estimate of drug-likeness (QED) is 0.846. The molecule has 0 aromatic heterocycles. The van der Waals surface area contributed by atoms with Gasteiger partial charge in [0.05, 0.1) is 7.11 Å². The molecule has 1 aliphatic heterocycles. The summed E-state index contributed by atoms with van der Waals surface area (Å²) in [5.41, 5.74) is 1.45. The van der Waals surface area contributed by atoms with Crippen molar-refractivity contribution in [3.63, 3.8) is 0 Å². The third kappa shape index (κ3) is 3.87. The predicted octanol–water partition coefficient (Wildman–Crippen LogP) is 5.12. The monoisotopic (exact) mass is 311 g/mol. The summed E-state index contributed by atoms with van der Waals surface area (Å²) in [4.78, 5) is 0. The Morgan fingerprint density at radius 1 is 1.13 bits per heavy atom. The van der Waals surface area contributed by atoms with Gasteiger partial charge >= 0.3 is 0 Å². The molecule has 2 aromatic carbocycles. The highest BCUT2D eigenvalue weighted by Gasteiger charge is 2.22. The molecular formula is C21H29NO. The van der Waals surface area contributed by atoms with Crippen LogP contribution in [-0.4, -0.2) is 19.7 Å². The Morgan fingerprint density at radius 3 is 2.74 bits per heavy atom. The van der Waals surface area contributed by atoms with Crippen LogP contribution in [0, 0.1) is 5.92 Å². The summed E-state index contributed by atoms with van der Waals surface area (Å²) >= 11 is 0. The van der Waals surface area contributed by atoms with E-state index in [4.69, 9.17) is 4.74 Å². The molecule has 1 heterocycles. The molecule has 1 fully saturated rings. The van der Waals surface area contributed by atoms with Crippen molar-refractivity contribution in [2.24, 2.45) is 5.92 Å². The van der Waals surface area contributed by atoms with Gasteiger partial charge in [0.1, 0.15) is 5.75 Å². The first-order valence-corrected chi connectivity index (χ1v) is 8.98. The molecule has 3 unspecified atom stereocenters. The number of ether oxygens (including phenoxy) is 1. The van der Waals surface area contributed by atoms with Gasteiger partial charge in [-0.1, -0.05) is 44.5 Å². The second-order valence-corrected chi connectivity index (χ2v) is 7.14. The fourth-order valence-electron chi connectivity index (χ4n) is 3.79. The van der Waals surface area contributed by atoms with E-state index in [2.05, 4.69) is 49.5 Å². The van der Waals surface area contributed by atoms with Crippen molar-refractivity contribution in [1.29, 1.82) is 0 Å². The molecule has 0 amide bonds. The van der Waals surface area contributed by atoms with Crippen LogP contribution >= 0.6 is 0 Å². The Morgan fingerprint density at radius 2 is 1.91 bits per heavy atom. The van der Waals surface area contributed by atoms with Crippen molar-refractivity contribution >= 4 is 10.8 Å². The number of nitrogens with one attached hydrogen (secondary N) is 1. The van der Waals surface area contributed by atoms with Gasteiger partial charge in [0.2, 0.25) is 0 Å². The van der Waals surface area contributed by atoms with E-state index < -0.39 is 0 Å². The minimum atomic E-state index is 0.583. The lowest BCUT2D eigenvalue weighted by Gasteiger charge is -2.26. The fourth-order valence-corrected chi connectivity index (χ4v) is 3.79. The van der Waals surface area contributed by atoms with E-state index in [1.54, 1.807) is 7.11 Å². The van der Waals surface area contributed by atoms with Crippen LogP contribution < -0.4 is 10.1 Å². The van der Waals surface area contributed by atoms with Crippen molar-refractivity contribution in [2.45, 2.75) is 51.5 Å². The SMILES string of the molecule is COc1ccc2cc(C(C)CC3NCCCCC3C)ccc2c1. The normalized spacial score (nSPS) is 23.4. The minimum absolute atomic E-state index is 0.583. The number of benzene rings is 2. The second-order valence-electron chi connectivity index (χ2n) is 7.14. The van der Waals surface area contributed by atoms with Gasteiger partial charge in [-0.25, -0.2) is 0 Å². The largest absolute Gasteiger partial charge is 0.497 e. The maximum Gasteiger partial charge on any atom is 0.119 e. The van der Waals surface area contributed by atoms with Crippen LogP contribution in [-0.2, 0) is 0 Å². The average molecular weight is 311 g/mol. The van der Waals surface area contributed by atoms with E-state index in [9.17, 15) is 0 Å². The molecule has 0 bridgehead atoms. The van der Waals surface area contributed by atoms with Gasteiger partial charge in [-0.15, -0.1) is 0 Å². The number of hydrogen-bond acceptors (Lipinski definition) is 2. The second kappa shape index (κ2) is 7.35. The van der Waals surface area contributed by atoms with Crippen LogP contribution in [0.25, 0.3) is 10.8 Å². The summed E-state index contributed by atoms with van der Waals surface area (Å²) in [5, 5.41) is 6.32. The van der Waals surface area contributed by atoms with Gasteiger partial charge in [-0.05, 0) is 66.1 Å². The van der Waals surface area contributed by atoms with Crippen LogP contribution in [0.15, 0.2) is 36.4 Å². The molecule has 0 saturated carbocycles. The highest BCUT2D eigenvalue weighted by Crippen LogP contribution is 2.29. The molecule has 23 heavy (non-hydrogen) atoms. The summed E-state index contributed by atoms with van der Waals surface area (Å²) in [7, 11) is 1.72. The maximum absolute atomic E-state index is 5.32. The van der Waals surface area contributed by atoms with E-state index >= 15 is 0 Å². The Labute approximate surface area is 140 Å². The van der Waals surface area contributed by atoms with E-state index in [0.29, 0.717) is 12.0 Å². The van der Waals surface area contributed by atoms with Crippen molar-refractivity contribution in [3.05, 3.63) is 42.0 Å². The zero-order valence-electron chi connectivity index (χ0n) is 14.6. The Balaban J connectivity index is 1.76. The predicted molar refractivity (Wildman–Crippen MR) is 98.3 cm³/mol. The van der Waals surface area contributed by atoms with Gasteiger partial charge in [0.15, 0.2) is 0 Å². The van der Waals surface area contributed by atoms with Gasteiger partial charge in [0.25, 0.3) is 0 Å². The lowest BCUT2D eigenvalue weighted by molar-refractivity contribution is 0.351. The number of fused-ring (bicyclic) bond motifs is 1. The molecule has 1 aliphatic rings. The third-order valence-corrected chi connectivity index (χ3v) is 5.43. The van der Waals surface area contributed by atoms with E-state index in [-0.39, 0.29) is 0 Å². The van der Waals surface area contributed by atoms with Crippen LogP contribution in [0.2, 0.25) is 0 Å². The average Bonchev–Trinajstić information content (AvgIpc) is 2.78. The van der Waals surface area contributed by atoms with Gasteiger partial charge in [-0.2, -0.15) is 0 Å². The lowest BCUT2D eigenvalue weighted by atomic mass is 9.86. The van der Waals surface area contributed by atoms with Crippen molar-refractivity contribution in [3.8, 4) is 5.75 Å². The molecule has 1 saturated heterocycles. The van der Waals surface area contributed by atoms with Gasteiger partial charge in [0, 0.05) is 6.04 Å². The molecule has 2 heteroatoms. The molecule has 124 valence electrons. The Hall–Kier alpha value is -1.54. The zero-order valence-corrected chi connectivity index (χ0v) is 14.6. The van der Waals surface area contributed by atoms with Gasteiger partial charge in [-0.3, -0.25) is 0 Å². The summed E-state index contributed by atoms with van der Waals surface area (Å²) in [6.45, 7) is 5.95. The standard InChI is InChI=1S/C21H29NO/c1-15-6-4-5-11-22-21(15)12-16(2)17-7-8-19-14-20(23-3)10-9-18(19)13-17/h7-10,13-16,21-22H,4-6,11-12H2,1-3H3. The molecule has 3 rings (SSSR count). The summed E-state index contributed by atoms with van der Waals surface area (Å²) < 4.78 is 5.32. The van der Waals surface area contributed by atoms with Crippen molar-refractivity contribution < 1.29 is 4.74 Å². The molecule has 2 nitrogen and oxygen atoms in total. The molecule has 3 atom stereocenters. The molecule has 0 spiro atoms. The molecule has 0 aliphatic carbocycles. The van der Waals surface area contributed by atoms with Crippen LogP contribution in [0.1, 0.15) is 51.0 Å². The smallest absolute Gasteiger partial charge is 0.119 e. The van der Waals surface area contributed by atoms with E-state index in [1.165, 1.54) is 48.6 Å². The molecule has 1 N–H and O–H groups in total. The first kappa shape index (κ1) is 16.3. The van der Waals surface area contributed by atoms with Gasteiger partial charge < -0.3 is 10.1 Å². The molecule has 0 radical (unpaired) electrons. The molecule has 2 aromatic rings. The minimum Gasteiger partial charge on any atom is -0.497 e. The number of rotatable bonds is 4. The van der Waals surface area contributed by atoms with Crippen molar-refractivity contribution in [1.82, 2.24) is 5.32 Å². The van der Waals surface area contributed by atoms with Crippen LogP contribution in [0.4, 0.5) is 0 Å². The third-order valence-electron chi connectivity index (χ3n) is 5.43. The summed E-state index contributed by atoms with van der Waals surface area (Å²) in [6, 6.07) is 13.8. The molecular weight excluding hydrogens is 282 g/mol. The number of methoxy groups -OCH3 is 1. The highest BCUT2D eigenvalue weighted by atomic mass is 16.5. The summed E-state index contributed by atoms with van der Waals surface area (Å²) in [5.74, 6) is 2.29. The first-order chi connectivity index (χ1) is 11.2. The maximum atomic E-state index is 5.32. The van der Waals surface area contributed by atoms with E-state index in [1.807, 2.05) is 6.07 Å². The summed E-state index contributed by atoms with van der Waals surface area (Å²) in [6.07, 6.45) is 5.29. The lowest BCUT2D eigenvalue weighted by Crippen LogP contribution is -2.34. The number of hydrogen-bond donors (Lipinski definition) is 1. The Kier molecular flexibility index (Phi) is 5.22. The van der Waals surface area contributed by atoms with Crippen LogP contribution in [0.5, 0.6) is 5.75 Å². The van der Waals surface area contributed by atoms with Crippen molar-refractivity contribution in [2.75, 3.05) is 13.7 Å². The topological polar surface area (TPSA) is 21.3 Å². The Bertz CT molecular complexity index is 651. The van der Waals surface area contributed by atoms with Crippen LogP contribution in [0.3, 0.4) is 0 Å². The highest BCUT2D eigenvalue weighted by molar-refractivity contribution is 5.84. The fraction of sp³-hybridized carbons (Fsp3) is 0.524.